The van der Waals surface area contributed by atoms with Crippen molar-refractivity contribution in [2.24, 2.45) is 5.92 Å². The Hall–Kier alpha value is -1.56. The molecular formula is C12H17N3. The second kappa shape index (κ2) is 6.02. The van der Waals surface area contributed by atoms with Crippen molar-refractivity contribution >= 4 is 5.69 Å². The molecule has 0 saturated carbocycles. The fraction of sp³-hybridized carbons (Fsp3) is 0.500. The van der Waals surface area contributed by atoms with E-state index in [-0.39, 0.29) is 0 Å². The number of nitrogens with zero attached hydrogens (tertiary/aromatic N) is 2. The summed E-state index contributed by atoms with van der Waals surface area (Å²) in [7, 11) is 0. The number of aromatic nitrogens is 1. The summed E-state index contributed by atoms with van der Waals surface area (Å²) in [5.41, 5.74) is 1.44. The lowest BCUT2D eigenvalue weighted by Crippen LogP contribution is -2.03. The van der Waals surface area contributed by atoms with Gasteiger partial charge in [0.05, 0.1) is 11.9 Å². The van der Waals surface area contributed by atoms with Crippen LogP contribution in [-0.4, -0.2) is 11.5 Å². The van der Waals surface area contributed by atoms with Gasteiger partial charge in [0, 0.05) is 6.54 Å². The van der Waals surface area contributed by atoms with E-state index in [2.05, 4.69) is 24.1 Å². The highest BCUT2D eigenvalue weighted by atomic mass is 14.9. The van der Waals surface area contributed by atoms with E-state index < -0.39 is 0 Å². The van der Waals surface area contributed by atoms with Crippen molar-refractivity contribution in [2.75, 3.05) is 11.9 Å². The minimum atomic E-state index is 0.461. The van der Waals surface area contributed by atoms with Gasteiger partial charge in [-0.2, -0.15) is 5.26 Å². The Bertz CT molecular complexity index is 322. The number of anilines is 1. The third-order valence-electron chi connectivity index (χ3n) is 2.17. The van der Waals surface area contributed by atoms with E-state index in [0.717, 1.165) is 24.6 Å². The van der Waals surface area contributed by atoms with Gasteiger partial charge in [0.25, 0.3) is 0 Å². The molecule has 0 unspecified atom stereocenters. The van der Waals surface area contributed by atoms with Crippen LogP contribution in [0.5, 0.6) is 0 Å². The van der Waals surface area contributed by atoms with Gasteiger partial charge in [-0.05, 0) is 30.9 Å². The van der Waals surface area contributed by atoms with E-state index in [4.69, 9.17) is 5.26 Å². The van der Waals surface area contributed by atoms with Crippen molar-refractivity contribution in [3.63, 3.8) is 0 Å². The highest BCUT2D eigenvalue weighted by molar-refractivity contribution is 5.42. The molecule has 0 aromatic carbocycles. The minimum Gasteiger partial charge on any atom is -0.384 e. The maximum Gasteiger partial charge on any atom is 0.140 e. The predicted octanol–water partition coefficient (Wildman–Crippen LogP) is 2.80. The molecule has 0 radical (unpaired) electrons. The summed E-state index contributed by atoms with van der Waals surface area (Å²) in [5, 5.41) is 11.9. The van der Waals surface area contributed by atoms with Gasteiger partial charge in [-0.25, -0.2) is 4.98 Å². The minimum absolute atomic E-state index is 0.461. The SMILES string of the molecule is CC(C)CCCNc1ccc(C#N)nc1. The van der Waals surface area contributed by atoms with Crippen molar-refractivity contribution in [3.05, 3.63) is 24.0 Å². The summed E-state index contributed by atoms with van der Waals surface area (Å²) in [5.74, 6) is 0.755. The molecule has 1 rings (SSSR count). The third kappa shape index (κ3) is 4.46. The second-order valence-corrected chi connectivity index (χ2v) is 4.01. The van der Waals surface area contributed by atoms with Gasteiger partial charge in [-0.1, -0.05) is 13.8 Å². The lowest BCUT2D eigenvalue weighted by atomic mass is 10.1. The van der Waals surface area contributed by atoms with Gasteiger partial charge < -0.3 is 5.32 Å². The summed E-state index contributed by atoms with van der Waals surface area (Å²) in [6.45, 7) is 5.41. The van der Waals surface area contributed by atoms with E-state index in [1.54, 1.807) is 12.3 Å². The topological polar surface area (TPSA) is 48.7 Å². The molecule has 3 heteroatoms. The van der Waals surface area contributed by atoms with Crippen LogP contribution in [0.2, 0.25) is 0 Å². The predicted molar refractivity (Wildman–Crippen MR) is 61.5 cm³/mol. The van der Waals surface area contributed by atoms with Crippen molar-refractivity contribution in [2.45, 2.75) is 26.7 Å². The Morgan fingerprint density at radius 1 is 1.47 bits per heavy atom. The lowest BCUT2D eigenvalue weighted by Gasteiger charge is -2.07. The molecule has 0 atom stereocenters. The van der Waals surface area contributed by atoms with E-state index >= 15 is 0 Å². The molecule has 1 N–H and O–H groups in total. The zero-order valence-corrected chi connectivity index (χ0v) is 9.33. The first kappa shape index (κ1) is 11.5. The number of pyridine rings is 1. The Kier molecular flexibility index (Phi) is 4.62. The van der Waals surface area contributed by atoms with Crippen LogP contribution in [0.4, 0.5) is 5.69 Å². The Morgan fingerprint density at radius 2 is 2.27 bits per heavy atom. The largest absolute Gasteiger partial charge is 0.384 e. The number of hydrogen-bond acceptors (Lipinski definition) is 3. The van der Waals surface area contributed by atoms with Crippen LogP contribution in [0, 0.1) is 17.2 Å². The van der Waals surface area contributed by atoms with Gasteiger partial charge in [0.15, 0.2) is 0 Å². The molecule has 0 aliphatic heterocycles. The summed E-state index contributed by atoms with van der Waals surface area (Å²) < 4.78 is 0. The quantitative estimate of drug-likeness (QED) is 0.748. The molecule has 0 bridgehead atoms. The molecule has 0 fully saturated rings. The van der Waals surface area contributed by atoms with Gasteiger partial charge >= 0.3 is 0 Å². The van der Waals surface area contributed by atoms with E-state index in [9.17, 15) is 0 Å². The Morgan fingerprint density at radius 3 is 2.80 bits per heavy atom. The molecule has 3 nitrogen and oxygen atoms in total. The number of nitriles is 1. The first-order valence-electron chi connectivity index (χ1n) is 5.32. The summed E-state index contributed by atoms with van der Waals surface area (Å²) in [6, 6.07) is 5.61. The summed E-state index contributed by atoms with van der Waals surface area (Å²) >= 11 is 0. The van der Waals surface area contributed by atoms with Crippen LogP contribution >= 0.6 is 0 Å². The maximum atomic E-state index is 8.57. The standard InChI is InChI=1S/C12H17N3/c1-10(2)4-3-7-14-12-6-5-11(8-13)15-9-12/h5-6,9-10,14H,3-4,7H2,1-2H3. The Labute approximate surface area is 91.1 Å². The van der Waals surface area contributed by atoms with Crippen LogP contribution < -0.4 is 5.32 Å². The second-order valence-electron chi connectivity index (χ2n) is 4.01. The normalized spacial score (nSPS) is 10.0. The average molecular weight is 203 g/mol. The monoisotopic (exact) mass is 203 g/mol. The molecule has 0 amide bonds. The van der Waals surface area contributed by atoms with Gasteiger partial charge in [0.2, 0.25) is 0 Å². The number of nitrogens with one attached hydrogen (secondary N) is 1. The van der Waals surface area contributed by atoms with Crippen molar-refractivity contribution in [3.8, 4) is 6.07 Å². The van der Waals surface area contributed by atoms with Crippen LogP contribution in [-0.2, 0) is 0 Å². The molecule has 1 heterocycles. The molecule has 0 aliphatic carbocycles. The van der Waals surface area contributed by atoms with Gasteiger partial charge in [-0.3, -0.25) is 0 Å². The number of rotatable bonds is 5. The average Bonchev–Trinajstić information content (AvgIpc) is 2.25. The molecular weight excluding hydrogens is 186 g/mol. The van der Waals surface area contributed by atoms with Crippen molar-refractivity contribution in [1.82, 2.24) is 4.98 Å². The smallest absolute Gasteiger partial charge is 0.140 e. The first-order chi connectivity index (χ1) is 7.22. The van der Waals surface area contributed by atoms with E-state index in [1.807, 2.05) is 12.1 Å². The van der Waals surface area contributed by atoms with Crippen LogP contribution in [0.3, 0.4) is 0 Å². The molecule has 0 aliphatic rings. The molecule has 80 valence electrons. The van der Waals surface area contributed by atoms with Crippen LogP contribution in [0.1, 0.15) is 32.4 Å². The molecule has 0 spiro atoms. The van der Waals surface area contributed by atoms with E-state index in [0.29, 0.717) is 5.69 Å². The highest BCUT2D eigenvalue weighted by Gasteiger charge is 1.95. The van der Waals surface area contributed by atoms with Crippen LogP contribution in [0.25, 0.3) is 0 Å². The fourth-order valence-corrected chi connectivity index (χ4v) is 1.31. The first-order valence-corrected chi connectivity index (χ1v) is 5.32. The van der Waals surface area contributed by atoms with Crippen molar-refractivity contribution < 1.29 is 0 Å². The Balaban J connectivity index is 2.29. The van der Waals surface area contributed by atoms with Crippen LogP contribution in [0.15, 0.2) is 18.3 Å². The maximum absolute atomic E-state index is 8.57. The third-order valence-corrected chi connectivity index (χ3v) is 2.17. The highest BCUT2D eigenvalue weighted by Crippen LogP contribution is 2.07. The molecule has 15 heavy (non-hydrogen) atoms. The zero-order valence-electron chi connectivity index (χ0n) is 9.33. The number of hydrogen-bond donors (Lipinski definition) is 1. The molecule has 0 saturated heterocycles. The lowest BCUT2D eigenvalue weighted by molar-refractivity contribution is 0.567. The van der Waals surface area contributed by atoms with E-state index in [1.165, 1.54) is 6.42 Å². The van der Waals surface area contributed by atoms with Gasteiger partial charge in [-0.15, -0.1) is 0 Å². The molecule has 1 aromatic heterocycles. The summed E-state index contributed by atoms with van der Waals surface area (Å²) in [6.07, 6.45) is 4.10. The fourth-order valence-electron chi connectivity index (χ4n) is 1.31. The summed E-state index contributed by atoms with van der Waals surface area (Å²) in [4.78, 5) is 3.99. The van der Waals surface area contributed by atoms with Gasteiger partial charge in [0.1, 0.15) is 11.8 Å². The van der Waals surface area contributed by atoms with Crippen molar-refractivity contribution in [1.29, 1.82) is 5.26 Å². The zero-order chi connectivity index (χ0) is 11.1. The molecule has 1 aromatic rings.